The summed E-state index contributed by atoms with van der Waals surface area (Å²) in [5.74, 6) is -1.31. The molecule has 0 radical (unpaired) electrons. The first kappa shape index (κ1) is 17.1. The van der Waals surface area contributed by atoms with Gasteiger partial charge in [-0.3, -0.25) is 4.79 Å². The molecule has 5 nitrogen and oxygen atoms in total. The van der Waals surface area contributed by atoms with Crippen LogP contribution in [0, 0.1) is 0 Å². The fraction of sp³-hybridized carbons (Fsp3) is 0.353. The standard InChI is InChI=1S/C17H20N2O3S/c1-3-7-15-18-10-14(23-15)16(20)19(12(2)17(21)22)11-13-8-5-4-6-9-13/h4-6,8-10,12H,3,7,11H2,1-2H3,(H,21,22). The van der Waals surface area contributed by atoms with Crippen LogP contribution in [-0.4, -0.2) is 32.9 Å². The van der Waals surface area contributed by atoms with E-state index >= 15 is 0 Å². The number of carboxylic acids is 1. The summed E-state index contributed by atoms with van der Waals surface area (Å²) in [5.41, 5.74) is 0.896. The predicted octanol–water partition coefficient (Wildman–Crippen LogP) is 3.21. The number of rotatable bonds is 7. The van der Waals surface area contributed by atoms with Crippen molar-refractivity contribution in [1.82, 2.24) is 9.88 Å². The fourth-order valence-electron chi connectivity index (χ4n) is 2.18. The molecule has 0 saturated carbocycles. The zero-order valence-corrected chi connectivity index (χ0v) is 14.0. The molecule has 0 saturated heterocycles. The van der Waals surface area contributed by atoms with E-state index in [1.54, 1.807) is 6.20 Å². The number of aliphatic carboxylic acids is 1. The Labute approximate surface area is 139 Å². The van der Waals surface area contributed by atoms with Gasteiger partial charge in [0.1, 0.15) is 10.9 Å². The maximum atomic E-state index is 12.7. The number of carbonyl (C=O) groups is 2. The van der Waals surface area contributed by atoms with E-state index in [0.29, 0.717) is 4.88 Å². The molecule has 1 aromatic heterocycles. The molecule has 1 N–H and O–H groups in total. The quantitative estimate of drug-likeness (QED) is 0.845. The number of hydrogen-bond donors (Lipinski definition) is 1. The minimum Gasteiger partial charge on any atom is -0.480 e. The van der Waals surface area contributed by atoms with Crippen LogP contribution in [0.5, 0.6) is 0 Å². The van der Waals surface area contributed by atoms with Crippen molar-refractivity contribution in [3.05, 3.63) is 52.0 Å². The lowest BCUT2D eigenvalue weighted by Gasteiger charge is -2.26. The van der Waals surface area contributed by atoms with Gasteiger partial charge in [-0.25, -0.2) is 9.78 Å². The van der Waals surface area contributed by atoms with Crippen molar-refractivity contribution >= 4 is 23.2 Å². The van der Waals surface area contributed by atoms with E-state index in [2.05, 4.69) is 11.9 Å². The van der Waals surface area contributed by atoms with Crippen LogP contribution in [-0.2, 0) is 17.8 Å². The summed E-state index contributed by atoms with van der Waals surface area (Å²) in [6.45, 7) is 3.84. The molecular weight excluding hydrogens is 312 g/mol. The van der Waals surface area contributed by atoms with Gasteiger partial charge in [0.2, 0.25) is 0 Å². The summed E-state index contributed by atoms with van der Waals surface area (Å²) in [6, 6.07) is 8.48. The first-order valence-electron chi connectivity index (χ1n) is 7.55. The number of carbonyl (C=O) groups excluding carboxylic acids is 1. The summed E-state index contributed by atoms with van der Waals surface area (Å²) in [5, 5.41) is 10.2. The van der Waals surface area contributed by atoms with Crippen LogP contribution >= 0.6 is 11.3 Å². The van der Waals surface area contributed by atoms with Crippen LogP contribution in [0.4, 0.5) is 0 Å². The highest BCUT2D eigenvalue weighted by Crippen LogP contribution is 2.20. The van der Waals surface area contributed by atoms with Gasteiger partial charge in [-0.2, -0.15) is 0 Å². The molecule has 2 aromatic rings. The smallest absolute Gasteiger partial charge is 0.326 e. The van der Waals surface area contributed by atoms with E-state index in [9.17, 15) is 14.7 Å². The lowest BCUT2D eigenvalue weighted by molar-refractivity contribution is -0.141. The third kappa shape index (κ3) is 4.39. The number of aromatic nitrogens is 1. The molecule has 0 fully saturated rings. The molecule has 1 heterocycles. The Morgan fingerprint density at radius 3 is 2.61 bits per heavy atom. The molecule has 122 valence electrons. The van der Waals surface area contributed by atoms with Crippen molar-refractivity contribution in [1.29, 1.82) is 0 Å². The number of benzene rings is 1. The zero-order chi connectivity index (χ0) is 16.8. The second kappa shape index (κ2) is 7.87. The molecule has 6 heteroatoms. The van der Waals surface area contributed by atoms with Gasteiger partial charge in [-0.1, -0.05) is 37.3 Å². The summed E-state index contributed by atoms with van der Waals surface area (Å²) >= 11 is 1.34. The van der Waals surface area contributed by atoms with Crippen molar-refractivity contribution in [3.63, 3.8) is 0 Å². The molecule has 0 bridgehead atoms. The molecule has 1 atom stereocenters. The van der Waals surface area contributed by atoms with Gasteiger partial charge in [0.15, 0.2) is 0 Å². The number of aryl methyl sites for hydroxylation is 1. The summed E-state index contributed by atoms with van der Waals surface area (Å²) in [6.07, 6.45) is 3.33. The Kier molecular flexibility index (Phi) is 5.87. The van der Waals surface area contributed by atoms with E-state index in [1.807, 2.05) is 30.3 Å². The highest BCUT2D eigenvalue weighted by molar-refractivity contribution is 7.13. The van der Waals surface area contributed by atoms with Crippen LogP contribution in [0.2, 0.25) is 0 Å². The van der Waals surface area contributed by atoms with Gasteiger partial charge in [-0.15, -0.1) is 11.3 Å². The third-order valence-corrected chi connectivity index (χ3v) is 4.55. The minimum absolute atomic E-state index is 0.258. The van der Waals surface area contributed by atoms with E-state index in [4.69, 9.17) is 0 Å². The summed E-state index contributed by atoms with van der Waals surface area (Å²) in [4.78, 5) is 30.2. The van der Waals surface area contributed by atoms with Crippen LogP contribution in [0.15, 0.2) is 36.5 Å². The third-order valence-electron chi connectivity index (χ3n) is 3.51. The Morgan fingerprint density at radius 1 is 1.30 bits per heavy atom. The Bertz CT molecular complexity index is 669. The lowest BCUT2D eigenvalue weighted by Crippen LogP contribution is -2.42. The largest absolute Gasteiger partial charge is 0.480 e. The van der Waals surface area contributed by atoms with Gasteiger partial charge >= 0.3 is 5.97 Å². The topological polar surface area (TPSA) is 70.5 Å². The lowest BCUT2D eigenvalue weighted by atomic mass is 10.1. The highest BCUT2D eigenvalue weighted by Gasteiger charge is 2.27. The molecule has 1 amide bonds. The van der Waals surface area contributed by atoms with E-state index in [1.165, 1.54) is 23.2 Å². The number of nitrogens with zero attached hydrogens (tertiary/aromatic N) is 2. The number of thiazole rings is 1. The van der Waals surface area contributed by atoms with Crippen molar-refractivity contribution in [3.8, 4) is 0 Å². The minimum atomic E-state index is -1.02. The average molecular weight is 332 g/mol. The Morgan fingerprint density at radius 2 is 2.00 bits per heavy atom. The van der Waals surface area contributed by atoms with E-state index < -0.39 is 12.0 Å². The fourth-order valence-corrected chi connectivity index (χ4v) is 3.15. The Hall–Kier alpha value is -2.21. The maximum Gasteiger partial charge on any atom is 0.326 e. The molecule has 0 aliphatic rings. The number of carboxylic acid groups (broad SMARTS) is 1. The average Bonchev–Trinajstić information content (AvgIpc) is 3.01. The van der Waals surface area contributed by atoms with Crippen molar-refractivity contribution in [2.75, 3.05) is 0 Å². The molecule has 1 unspecified atom stereocenters. The van der Waals surface area contributed by atoms with Crippen molar-refractivity contribution in [2.24, 2.45) is 0 Å². The predicted molar refractivity (Wildman–Crippen MR) is 89.5 cm³/mol. The maximum absolute atomic E-state index is 12.7. The van der Waals surface area contributed by atoms with Crippen LogP contribution < -0.4 is 0 Å². The first-order valence-corrected chi connectivity index (χ1v) is 8.37. The van der Waals surface area contributed by atoms with Gasteiger partial charge in [0.05, 0.1) is 11.2 Å². The second-order valence-electron chi connectivity index (χ2n) is 5.30. The molecule has 0 aliphatic heterocycles. The SMILES string of the molecule is CCCc1ncc(C(=O)N(Cc2ccccc2)C(C)C(=O)O)s1. The molecule has 23 heavy (non-hydrogen) atoms. The van der Waals surface area contributed by atoms with Gasteiger partial charge in [0.25, 0.3) is 5.91 Å². The second-order valence-corrected chi connectivity index (χ2v) is 6.42. The summed E-state index contributed by atoms with van der Waals surface area (Å²) in [7, 11) is 0. The monoisotopic (exact) mass is 332 g/mol. The van der Waals surface area contributed by atoms with Crippen LogP contribution in [0.25, 0.3) is 0 Å². The normalized spacial score (nSPS) is 11.9. The van der Waals surface area contributed by atoms with Crippen molar-refractivity contribution < 1.29 is 14.7 Å². The molecular formula is C17H20N2O3S. The molecule has 2 rings (SSSR count). The molecule has 0 spiro atoms. The van der Waals surface area contributed by atoms with Crippen LogP contribution in [0.1, 0.15) is 40.5 Å². The number of amides is 1. The number of hydrogen-bond acceptors (Lipinski definition) is 4. The van der Waals surface area contributed by atoms with Crippen LogP contribution in [0.3, 0.4) is 0 Å². The van der Waals surface area contributed by atoms with E-state index in [0.717, 1.165) is 23.4 Å². The van der Waals surface area contributed by atoms with E-state index in [-0.39, 0.29) is 12.5 Å². The first-order chi connectivity index (χ1) is 11.0. The van der Waals surface area contributed by atoms with Gasteiger partial charge in [0, 0.05) is 6.54 Å². The zero-order valence-electron chi connectivity index (χ0n) is 13.2. The molecule has 0 aliphatic carbocycles. The van der Waals surface area contributed by atoms with Crippen molar-refractivity contribution in [2.45, 2.75) is 39.3 Å². The van der Waals surface area contributed by atoms with Gasteiger partial charge in [-0.05, 0) is 25.3 Å². The summed E-state index contributed by atoms with van der Waals surface area (Å²) < 4.78 is 0. The highest BCUT2D eigenvalue weighted by atomic mass is 32.1. The van der Waals surface area contributed by atoms with Gasteiger partial charge < -0.3 is 10.0 Å². The Balaban J connectivity index is 2.24. The molecule has 1 aromatic carbocycles.